The standard InChI is InChI=1S/C15H24FN3/c1-3-19-7-6-18(10-12(19)2)11-13-4-5-15(16)14(8-13)9-17/h4-5,8,12H,3,6-7,9-11,17H2,1-2H3. The number of halogens is 1. The van der Waals surface area contributed by atoms with E-state index in [1.54, 1.807) is 0 Å². The first kappa shape index (κ1) is 14.4. The molecule has 1 unspecified atom stereocenters. The molecule has 3 nitrogen and oxygen atoms in total. The first-order chi connectivity index (χ1) is 9.13. The average Bonchev–Trinajstić information content (AvgIpc) is 2.41. The third kappa shape index (κ3) is 3.53. The Kier molecular flexibility index (Phi) is 4.91. The predicted molar refractivity (Wildman–Crippen MR) is 76.3 cm³/mol. The highest BCUT2D eigenvalue weighted by atomic mass is 19.1. The van der Waals surface area contributed by atoms with Crippen molar-refractivity contribution >= 4 is 0 Å². The van der Waals surface area contributed by atoms with Crippen LogP contribution >= 0.6 is 0 Å². The van der Waals surface area contributed by atoms with Crippen LogP contribution in [0.25, 0.3) is 0 Å². The summed E-state index contributed by atoms with van der Waals surface area (Å²) < 4.78 is 13.4. The molecular formula is C15H24FN3. The molecule has 4 heteroatoms. The molecule has 0 aromatic heterocycles. The smallest absolute Gasteiger partial charge is 0.127 e. The van der Waals surface area contributed by atoms with Gasteiger partial charge in [-0.1, -0.05) is 19.1 Å². The number of nitrogens with two attached hydrogens (primary N) is 1. The molecule has 0 spiro atoms. The van der Waals surface area contributed by atoms with E-state index in [0.29, 0.717) is 11.6 Å². The topological polar surface area (TPSA) is 32.5 Å². The lowest BCUT2D eigenvalue weighted by Crippen LogP contribution is -2.51. The number of likely N-dealkylation sites (N-methyl/N-ethyl adjacent to an activating group) is 1. The van der Waals surface area contributed by atoms with Gasteiger partial charge in [-0.3, -0.25) is 9.80 Å². The molecule has 1 fully saturated rings. The van der Waals surface area contributed by atoms with Crippen molar-refractivity contribution < 1.29 is 4.39 Å². The van der Waals surface area contributed by atoms with Gasteiger partial charge < -0.3 is 5.73 Å². The summed E-state index contributed by atoms with van der Waals surface area (Å²) in [6.07, 6.45) is 0. The lowest BCUT2D eigenvalue weighted by Gasteiger charge is -2.39. The van der Waals surface area contributed by atoms with Crippen LogP contribution in [-0.2, 0) is 13.1 Å². The van der Waals surface area contributed by atoms with Crippen molar-refractivity contribution in [3.05, 3.63) is 35.1 Å². The molecule has 2 rings (SSSR count). The van der Waals surface area contributed by atoms with E-state index < -0.39 is 0 Å². The Bertz CT molecular complexity index is 422. The minimum absolute atomic E-state index is 0.199. The van der Waals surface area contributed by atoms with Crippen molar-refractivity contribution in [3.63, 3.8) is 0 Å². The second-order valence-electron chi connectivity index (χ2n) is 5.34. The van der Waals surface area contributed by atoms with E-state index in [2.05, 4.69) is 23.6 Å². The van der Waals surface area contributed by atoms with Crippen LogP contribution in [0.4, 0.5) is 4.39 Å². The van der Waals surface area contributed by atoms with Crippen molar-refractivity contribution in [1.82, 2.24) is 9.80 Å². The van der Waals surface area contributed by atoms with Crippen LogP contribution in [0.5, 0.6) is 0 Å². The van der Waals surface area contributed by atoms with E-state index in [-0.39, 0.29) is 12.4 Å². The molecule has 1 atom stereocenters. The number of hydrogen-bond donors (Lipinski definition) is 1. The van der Waals surface area contributed by atoms with Gasteiger partial charge in [0.05, 0.1) is 0 Å². The first-order valence-corrected chi connectivity index (χ1v) is 7.07. The van der Waals surface area contributed by atoms with Crippen molar-refractivity contribution in [1.29, 1.82) is 0 Å². The predicted octanol–water partition coefficient (Wildman–Crippen LogP) is 1.81. The molecule has 1 aromatic rings. The molecule has 1 aliphatic rings. The van der Waals surface area contributed by atoms with Gasteiger partial charge in [-0.2, -0.15) is 0 Å². The fraction of sp³-hybridized carbons (Fsp3) is 0.600. The van der Waals surface area contributed by atoms with E-state index >= 15 is 0 Å². The van der Waals surface area contributed by atoms with Crippen LogP contribution in [0, 0.1) is 5.82 Å². The van der Waals surface area contributed by atoms with E-state index in [1.807, 2.05) is 12.1 Å². The molecule has 2 N–H and O–H groups in total. The number of hydrogen-bond acceptors (Lipinski definition) is 3. The van der Waals surface area contributed by atoms with Crippen LogP contribution in [-0.4, -0.2) is 42.0 Å². The van der Waals surface area contributed by atoms with Gasteiger partial charge in [0.1, 0.15) is 5.82 Å². The van der Waals surface area contributed by atoms with Crippen LogP contribution in [0.15, 0.2) is 18.2 Å². The first-order valence-electron chi connectivity index (χ1n) is 7.07. The van der Waals surface area contributed by atoms with Crippen molar-refractivity contribution in [3.8, 4) is 0 Å². The summed E-state index contributed by atoms with van der Waals surface area (Å²) in [5, 5.41) is 0. The molecule has 1 aliphatic heterocycles. The van der Waals surface area contributed by atoms with Gasteiger partial charge in [0.15, 0.2) is 0 Å². The highest BCUT2D eigenvalue weighted by Gasteiger charge is 2.22. The Morgan fingerprint density at radius 3 is 2.79 bits per heavy atom. The van der Waals surface area contributed by atoms with Gasteiger partial charge in [0.2, 0.25) is 0 Å². The number of nitrogens with zero attached hydrogens (tertiary/aromatic N) is 2. The zero-order valence-corrected chi connectivity index (χ0v) is 11.9. The van der Waals surface area contributed by atoms with Gasteiger partial charge in [-0.05, 0) is 25.1 Å². The fourth-order valence-electron chi connectivity index (χ4n) is 2.83. The number of benzene rings is 1. The molecule has 1 aromatic carbocycles. The van der Waals surface area contributed by atoms with Crippen molar-refractivity contribution in [2.75, 3.05) is 26.2 Å². The molecule has 1 heterocycles. The molecule has 0 radical (unpaired) electrons. The highest BCUT2D eigenvalue weighted by Crippen LogP contribution is 2.15. The average molecular weight is 265 g/mol. The Balaban J connectivity index is 1.98. The Hall–Kier alpha value is -0.970. The molecule has 1 saturated heterocycles. The molecule has 0 bridgehead atoms. The maximum Gasteiger partial charge on any atom is 0.127 e. The van der Waals surface area contributed by atoms with Crippen LogP contribution < -0.4 is 5.73 Å². The van der Waals surface area contributed by atoms with Gasteiger partial charge in [0, 0.05) is 44.3 Å². The molecule has 19 heavy (non-hydrogen) atoms. The SMILES string of the molecule is CCN1CCN(Cc2ccc(F)c(CN)c2)CC1C. The summed E-state index contributed by atoms with van der Waals surface area (Å²) in [4.78, 5) is 4.93. The van der Waals surface area contributed by atoms with Gasteiger partial charge >= 0.3 is 0 Å². The Labute approximate surface area is 115 Å². The lowest BCUT2D eigenvalue weighted by atomic mass is 10.1. The van der Waals surface area contributed by atoms with Crippen molar-refractivity contribution in [2.45, 2.75) is 33.0 Å². The zero-order valence-electron chi connectivity index (χ0n) is 11.9. The van der Waals surface area contributed by atoms with Crippen LogP contribution in [0.2, 0.25) is 0 Å². The van der Waals surface area contributed by atoms with E-state index in [4.69, 9.17) is 5.73 Å². The second-order valence-corrected chi connectivity index (χ2v) is 5.34. The Morgan fingerprint density at radius 2 is 2.16 bits per heavy atom. The van der Waals surface area contributed by atoms with Crippen LogP contribution in [0.3, 0.4) is 0 Å². The molecular weight excluding hydrogens is 241 g/mol. The number of piperazine rings is 1. The summed E-state index contributed by atoms with van der Waals surface area (Å²) >= 11 is 0. The number of rotatable bonds is 4. The van der Waals surface area contributed by atoms with E-state index in [1.165, 1.54) is 6.07 Å². The summed E-state index contributed by atoms with van der Waals surface area (Å²) in [6, 6.07) is 5.88. The molecule has 0 amide bonds. The lowest BCUT2D eigenvalue weighted by molar-refractivity contribution is 0.0834. The van der Waals surface area contributed by atoms with Gasteiger partial charge in [-0.25, -0.2) is 4.39 Å². The van der Waals surface area contributed by atoms with Crippen molar-refractivity contribution in [2.24, 2.45) is 5.73 Å². The summed E-state index contributed by atoms with van der Waals surface area (Å²) in [5.74, 6) is -0.199. The maximum atomic E-state index is 13.4. The van der Waals surface area contributed by atoms with E-state index in [0.717, 1.165) is 38.3 Å². The maximum absolute atomic E-state index is 13.4. The minimum atomic E-state index is -0.199. The largest absolute Gasteiger partial charge is 0.326 e. The fourth-order valence-corrected chi connectivity index (χ4v) is 2.83. The van der Waals surface area contributed by atoms with E-state index in [9.17, 15) is 4.39 Å². The highest BCUT2D eigenvalue weighted by molar-refractivity contribution is 5.25. The third-order valence-corrected chi connectivity index (χ3v) is 3.99. The normalized spacial score (nSPS) is 21.8. The second kappa shape index (κ2) is 6.46. The summed E-state index contributed by atoms with van der Waals surface area (Å²) in [6.45, 7) is 10.0. The molecule has 106 valence electrons. The molecule has 0 saturated carbocycles. The Morgan fingerprint density at radius 1 is 1.37 bits per heavy atom. The third-order valence-electron chi connectivity index (χ3n) is 3.99. The summed E-state index contributed by atoms with van der Waals surface area (Å²) in [7, 11) is 0. The quantitative estimate of drug-likeness (QED) is 0.901. The van der Waals surface area contributed by atoms with Gasteiger partial charge in [0.25, 0.3) is 0 Å². The van der Waals surface area contributed by atoms with Gasteiger partial charge in [-0.15, -0.1) is 0 Å². The molecule has 0 aliphatic carbocycles. The zero-order chi connectivity index (χ0) is 13.8. The summed E-state index contributed by atoms with van der Waals surface area (Å²) in [5.41, 5.74) is 7.31. The van der Waals surface area contributed by atoms with Crippen LogP contribution in [0.1, 0.15) is 25.0 Å². The monoisotopic (exact) mass is 265 g/mol. The minimum Gasteiger partial charge on any atom is -0.326 e.